The fourth-order valence-corrected chi connectivity index (χ4v) is 5.53. The molecule has 2 aromatic rings. The molecular formula is C15H14ClN7NaO5S2. The summed E-state index contributed by atoms with van der Waals surface area (Å²) in [6.45, 7) is 0. The van der Waals surface area contributed by atoms with Gasteiger partial charge < -0.3 is 14.9 Å². The first-order valence-corrected chi connectivity index (χ1v) is 10.9. The topological polar surface area (TPSA) is 156 Å². The average Bonchev–Trinajstić information content (AvgIpc) is 3.31. The van der Waals surface area contributed by atoms with E-state index in [1.165, 1.54) is 39.2 Å². The van der Waals surface area contributed by atoms with E-state index in [4.69, 9.17) is 16.1 Å². The van der Waals surface area contributed by atoms with Crippen LogP contribution in [0.3, 0.4) is 0 Å². The molecule has 1 saturated heterocycles. The van der Waals surface area contributed by atoms with E-state index in [2.05, 4.69) is 26.0 Å². The monoisotopic (exact) mass is 494 g/mol. The van der Waals surface area contributed by atoms with Crippen molar-refractivity contribution in [1.82, 2.24) is 35.6 Å². The first kappa shape index (κ1) is 24.1. The van der Waals surface area contributed by atoms with Crippen molar-refractivity contribution in [3.05, 3.63) is 28.2 Å². The van der Waals surface area contributed by atoms with Crippen molar-refractivity contribution in [2.45, 2.75) is 23.0 Å². The van der Waals surface area contributed by atoms with E-state index in [0.717, 1.165) is 0 Å². The molecule has 2 N–H and O–H groups in total. The summed E-state index contributed by atoms with van der Waals surface area (Å²) in [5.74, 6) is -1.13. The van der Waals surface area contributed by atoms with Crippen LogP contribution in [0, 0.1) is 0 Å². The van der Waals surface area contributed by atoms with Gasteiger partial charge in [-0.2, -0.15) is 0 Å². The van der Waals surface area contributed by atoms with Gasteiger partial charge >= 0.3 is 5.97 Å². The van der Waals surface area contributed by atoms with E-state index < -0.39 is 29.2 Å². The maximum absolute atomic E-state index is 12.6. The number of aliphatic carboxylic acids is 1. The quantitative estimate of drug-likeness (QED) is 0.291. The Morgan fingerprint density at radius 2 is 2.26 bits per heavy atom. The van der Waals surface area contributed by atoms with Crippen LogP contribution in [0.2, 0.25) is 5.15 Å². The largest absolute Gasteiger partial charge is 0.477 e. The van der Waals surface area contributed by atoms with Gasteiger partial charge in [0.15, 0.2) is 5.15 Å². The molecule has 4 rings (SSSR count). The zero-order valence-electron chi connectivity index (χ0n) is 16.3. The van der Waals surface area contributed by atoms with Crippen LogP contribution in [0.15, 0.2) is 27.0 Å². The molecule has 0 aliphatic carbocycles. The fraction of sp³-hybridized carbons (Fsp3) is 0.400. The Morgan fingerprint density at radius 1 is 1.48 bits per heavy atom. The molecule has 0 spiro atoms. The van der Waals surface area contributed by atoms with Crippen LogP contribution in [0.5, 0.6) is 0 Å². The first-order valence-electron chi connectivity index (χ1n) is 8.50. The number of carbonyl (C=O) groups is 3. The van der Waals surface area contributed by atoms with Crippen LogP contribution in [0.1, 0.15) is 5.76 Å². The second-order valence-corrected chi connectivity index (χ2v) is 8.81. The summed E-state index contributed by atoms with van der Waals surface area (Å²) in [4.78, 5) is 37.9. The summed E-state index contributed by atoms with van der Waals surface area (Å²) in [6, 6.07) is 0.597. The minimum absolute atomic E-state index is 0. The summed E-state index contributed by atoms with van der Waals surface area (Å²) < 4.78 is 6.36. The number of carboxylic acid groups (broad SMARTS) is 1. The van der Waals surface area contributed by atoms with Gasteiger partial charge in [-0.15, -0.1) is 16.9 Å². The van der Waals surface area contributed by atoms with Gasteiger partial charge in [-0.05, 0) is 16.0 Å². The fourth-order valence-electron chi connectivity index (χ4n) is 3.04. The molecule has 0 unspecified atom stereocenters. The van der Waals surface area contributed by atoms with Crippen molar-refractivity contribution in [2.75, 3.05) is 11.5 Å². The molecule has 1 fully saturated rings. The Balaban J connectivity index is 0.00000272. The number of β-lactam (4-membered cyclic amide) rings is 1. The number of tetrazole rings is 1. The van der Waals surface area contributed by atoms with Crippen molar-refractivity contribution < 1.29 is 24.0 Å². The number of carboxylic acids is 1. The molecule has 1 radical (unpaired) electrons. The number of rotatable bonds is 7. The third kappa shape index (κ3) is 4.93. The second-order valence-electron chi connectivity index (χ2n) is 6.38. The molecule has 2 aromatic heterocycles. The number of fused-ring (bicyclic) bond motifs is 1. The number of aromatic nitrogens is 5. The minimum atomic E-state index is -1.19. The number of hydrogen-bond donors (Lipinski definition) is 2. The normalized spacial score (nSPS) is 20.1. The standard InChI is InChI=1S/C15H14ClN7O5S2.Na/c1-22-15(18-20-21-22)30-5-6-4-29-13-10(12(25)23(13)11(6)14(26)27)17-9(24)3-7-2-8(16)19-28-7;/h2,10,13H,3-5H2,1H3,(H,17,24)(H,26,27);/t10-,13-;/m1./s1. The van der Waals surface area contributed by atoms with Crippen LogP contribution in [-0.2, 0) is 27.9 Å². The van der Waals surface area contributed by atoms with E-state index in [1.807, 2.05) is 0 Å². The van der Waals surface area contributed by atoms with Crippen molar-refractivity contribution in [3.8, 4) is 0 Å². The number of carbonyl (C=O) groups excluding carboxylic acids is 2. The summed E-state index contributed by atoms with van der Waals surface area (Å²) in [7, 11) is 1.68. The zero-order valence-corrected chi connectivity index (χ0v) is 20.7. The molecule has 2 amide bonds. The van der Waals surface area contributed by atoms with Gasteiger partial charge in [-0.1, -0.05) is 28.5 Å². The van der Waals surface area contributed by atoms with Crippen LogP contribution >= 0.6 is 35.1 Å². The van der Waals surface area contributed by atoms with Crippen LogP contribution in [0.4, 0.5) is 0 Å². The summed E-state index contributed by atoms with van der Waals surface area (Å²) >= 11 is 8.32. The molecule has 0 aromatic carbocycles. The second kappa shape index (κ2) is 9.92. The molecule has 2 atom stereocenters. The maximum Gasteiger partial charge on any atom is 0.352 e. The van der Waals surface area contributed by atoms with Crippen molar-refractivity contribution in [1.29, 1.82) is 0 Å². The number of nitrogens with one attached hydrogen (secondary N) is 1. The average molecular weight is 495 g/mol. The van der Waals surface area contributed by atoms with E-state index >= 15 is 0 Å². The van der Waals surface area contributed by atoms with E-state index in [-0.39, 0.29) is 52.6 Å². The number of nitrogens with zero attached hydrogens (tertiary/aromatic N) is 6. The Morgan fingerprint density at radius 3 is 2.87 bits per heavy atom. The van der Waals surface area contributed by atoms with Crippen molar-refractivity contribution >= 4 is 82.5 Å². The van der Waals surface area contributed by atoms with E-state index in [9.17, 15) is 19.5 Å². The van der Waals surface area contributed by atoms with E-state index in [0.29, 0.717) is 22.2 Å². The molecule has 159 valence electrons. The minimum Gasteiger partial charge on any atom is -0.477 e. The van der Waals surface area contributed by atoms with Crippen molar-refractivity contribution in [2.24, 2.45) is 7.05 Å². The molecule has 12 nitrogen and oxygen atoms in total. The Bertz CT molecular complexity index is 1060. The number of hydrogen-bond acceptors (Lipinski definition) is 10. The van der Waals surface area contributed by atoms with Gasteiger partial charge in [0.05, 0.1) is 6.42 Å². The number of amides is 2. The predicted molar refractivity (Wildman–Crippen MR) is 110 cm³/mol. The van der Waals surface area contributed by atoms with Gasteiger partial charge in [0.25, 0.3) is 5.91 Å². The molecule has 16 heteroatoms. The third-order valence-corrected chi connectivity index (χ3v) is 7.00. The van der Waals surface area contributed by atoms with Gasteiger partial charge in [0.1, 0.15) is 22.9 Å². The first-order chi connectivity index (χ1) is 14.3. The third-order valence-electron chi connectivity index (χ3n) is 4.39. The Kier molecular flexibility index (Phi) is 7.70. The van der Waals surface area contributed by atoms with E-state index in [1.54, 1.807) is 7.05 Å². The Hall–Kier alpha value is -1.58. The zero-order chi connectivity index (χ0) is 21.4. The molecule has 0 saturated carbocycles. The number of aryl methyl sites for hydroxylation is 1. The molecule has 31 heavy (non-hydrogen) atoms. The molecule has 0 bridgehead atoms. The van der Waals surface area contributed by atoms with Gasteiger partial charge in [-0.25, -0.2) is 9.48 Å². The van der Waals surface area contributed by atoms with Gasteiger partial charge in [0.2, 0.25) is 11.1 Å². The predicted octanol–water partition coefficient (Wildman–Crippen LogP) is -0.456. The summed E-state index contributed by atoms with van der Waals surface area (Å²) in [6.07, 6.45) is -0.129. The molecule has 4 heterocycles. The van der Waals surface area contributed by atoms with Crippen LogP contribution in [-0.4, -0.2) is 106 Å². The molecular weight excluding hydrogens is 481 g/mol. The number of halogens is 1. The van der Waals surface area contributed by atoms with Crippen LogP contribution in [0.25, 0.3) is 0 Å². The van der Waals surface area contributed by atoms with Crippen LogP contribution < -0.4 is 5.32 Å². The Labute approximate surface area is 210 Å². The van der Waals surface area contributed by atoms with Gasteiger partial charge in [-0.3, -0.25) is 14.5 Å². The smallest absolute Gasteiger partial charge is 0.352 e. The maximum atomic E-state index is 12.6. The molecule has 2 aliphatic rings. The SMILES string of the molecule is Cn1nnnc1SCC1=C(C(=O)O)N2C(=O)[C@@H](NC(=O)Cc3cc(Cl)no3)[C@H]2SC1.[Na]. The summed E-state index contributed by atoms with van der Waals surface area (Å²) in [5, 5.41) is 27.1. The number of thioether (sulfide) groups is 2. The summed E-state index contributed by atoms with van der Waals surface area (Å²) in [5.41, 5.74) is 0.532. The van der Waals surface area contributed by atoms with Crippen molar-refractivity contribution in [3.63, 3.8) is 0 Å². The van der Waals surface area contributed by atoms with Gasteiger partial charge in [0, 0.05) is 54.2 Å². The molecule has 2 aliphatic heterocycles.